The number of nitrogens with one attached hydrogen (secondary N) is 3. The van der Waals surface area contributed by atoms with E-state index in [1.807, 2.05) is 0 Å². The van der Waals surface area contributed by atoms with Crippen molar-refractivity contribution in [2.75, 3.05) is 6.61 Å². The largest absolute Gasteiger partial charge is 0.467 e. The third kappa shape index (κ3) is 5.62. The molecular formula is C16H14ClF3N4O2. The van der Waals surface area contributed by atoms with Crippen LogP contribution >= 0.6 is 11.6 Å². The molecule has 0 saturated heterocycles. The van der Waals surface area contributed by atoms with Crippen molar-refractivity contribution in [1.82, 2.24) is 15.6 Å². The van der Waals surface area contributed by atoms with E-state index in [9.17, 15) is 18.0 Å². The highest BCUT2D eigenvalue weighted by Gasteiger charge is 2.29. The van der Waals surface area contributed by atoms with Crippen molar-refractivity contribution >= 4 is 23.6 Å². The van der Waals surface area contributed by atoms with Gasteiger partial charge in [-0.25, -0.2) is 4.98 Å². The predicted molar refractivity (Wildman–Crippen MR) is 89.9 cm³/mol. The van der Waals surface area contributed by atoms with Gasteiger partial charge in [0.05, 0.1) is 5.71 Å². The van der Waals surface area contributed by atoms with Crippen LogP contribution in [0.25, 0.3) is 0 Å². The second kappa shape index (κ2) is 8.52. The van der Waals surface area contributed by atoms with E-state index in [1.165, 1.54) is 36.9 Å². The number of aromatic nitrogens is 1. The lowest BCUT2D eigenvalue weighted by atomic mass is 10.0. The maximum atomic E-state index is 12.1. The molecule has 1 aromatic heterocycles. The summed E-state index contributed by atoms with van der Waals surface area (Å²) in [5.74, 6) is -0.306. The van der Waals surface area contributed by atoms with Crippen LogP contribution in [0.1, 0.15) is 5.56 Å². The quantitative estimate of drug-likeness (QED) is 0.654. The lowest BCUT2D eigenvalue weighted by Crippen LogP contribution is -2.20. The van der Waals surface area contributed by atoms with Gasteiger partial charge in [0.2, 0.25) is 5.88 Å². The Hall–Kier alpha value is -2.81. The highest BCUT2D eigenvalue weighted by molar-refractivity contribution is 6.31. The van der Waals surface area contributed by atoms with Crippen LogP contribution < -0.4 is 15.4 Å². The number of hydrogen-bond acceptors (Lipinski definition) is 6. The second-order valence-corrected chi connectivity index (χ2v) is 5.51. The number of aldehydes is 1. The molecule has 26 heavy (non-hydrogen) atoms. The van der Waals surface area contributed by atoms with Gasteiger partial charge in [0.15, 0.2) is 12.9 Å². The van der Waals surface area contributed by atoms with Gasteiger partial charge in [-0.1, -0.05) is 11.6 Å². The molecule has 1 aliphatic heterocycles. The van der Waals surface area contributed by atoms with E-state index in [0.717, 1.165) is 0 Å². The van der Waals surface area contributed by atoms with Crippen molar-refractivity contribution in [3.8, 4) is 5.88 Å². The lowest BCUT2D eigenvalue weighted by Gasteiger charge is -2.11. The second-order valence-electron chi connectivity index (χ2n) is 5.10. The first-order valence-electron chi connectivity index (χ1n) is 7.25. The van der Waals surface area contributed by atoms with Crippen molar-refractivity contribution in [3.63, 3.8) is 0 Å². The number of hydrogen-bond donors (Lipinski definition) is 3. The summed E-state index contributed by atoms with van der Waals surface area (Å²) in [7, 11) is 0. The van der Waals surface area contributed by atoms with Gasteiger partial charge in [0.25, 0.3) is 0 Å². The monoisotopic (exact) mass is 386 g/mol. The van der Waals surface area contributed by atoms with Crippen molar-refractivity contribution in [2.45, 2.75) is 12.7 Å². The standard InChI is InChI=1S/C16H14ClF3N4O2/c17-13-3-10(5-24-15(13)26-9-16(18,19)20)4-23-7-12-11(8-25)6-22-2-1-14(12)21/h1-3,5-8,21-23H,4,9H2/b12-7-,21-14?. The van der Waals surface area contributed by atoms with Gasteiger partial charge >= 0.3 is 6.18 Å². The van der Waals surface area contributed by atoms with E-state index < -0.39 is 12.8 Å². The van der Waals surface area contributed by atoms with Crippen LogP contribution in [0.2, 0.25) is 5.02 Å². The van der Waals surface area contributed by atoms with E-state index in [2.05, 4.69) is 20.4 Å². The van der Waals surface area contributed by atoms with E-state index in [4.69, 9.17) is 17.0 Å². The fourth-order valence-corrected chi connectivity index (χ4v) is 2.18. The van der Waals surface area contributed by atoms with E-state index in [0.29, 0.717) is 23.0 Å². The molecule has 0 fully saturated rings. The number of carbonyl (C=O) groups is 1. The minimum Gasteiger partial charge on any atom is -0.467 e. The molecule has 0 radical (unpaired) electrons. The third-order valence-corrected chi connectivity index (χ3v) is 3.37. The zero-order chi connectivity index (χ0) is 19.2. The first-order valence-corrected chi connectivity index (χ1v) is 7.62. The van der Waals surface area contributed by atoms with Crippen LogP contribution in [0.3, 0.4) is 0 Å². The minimum absolute atomic E-state index is 0.0518. The summed E-state index contributed by atoms with van der Waals surface area (Å²) < 4.78 is 41.0. The Bertz CT molecular complexity index is 788. The molecule has 3 N–H and O–H groups in total. The van der Waals surface area contributed by atoms with E-state index in [-0.39, 0.29) is 23.2 Å². The summed E-state index contributed by atoms with van der Waals surface area (Å²) in [6.45, 7) is -1.25. The molecule has 138 valence electrons. The van der Waals surface area contributed by atoms with Gasteiger partial charge < -0.3 is 20.8 Å². The molecule has 6 nitrogen and oxygen atoms in total. The summed E-state index contributed by atoms with van der Waals surface area (Å²) in [5.41, 5.74) is 1.38. The van der Waals surface area contributed by atoms with Crippen molar-refractivity contribution in [1.29, 1.82) is 5.41 Å². The van der Waals surface area contributed by atoms with Crippen LogP contribution in [0.15, 0.2) is 48.1 Å². The predicted octanol–water partition coefficient (Wildman–Crippen LogP) is 2.87. The number of allylic oxidation sites excluding steroid dienone is 3. The first-order chi connectivity index (χ1) is 12.3. The van der Waals surface area contributed by atoms with Crippen LogP contribution in [0.5, 0.6) is 5.88 Å². The summed E-state index contributed by atoms with van der Waals surface area (Å²) >= 11 is 5.87. The average Bonchev–Trinajstić information content (AvgIpc) is 2.75. The molecule has 0 bridgehead atoms. The topological polar surface area (TPSA) is 87.1 Å². The molecule has 10 heteroatoms. The Morgan fingerprint density at radius 3 is 2.85 bits per heavy atom. The summed E-state index contributed by atoms with van der Waals surface area (Å²) in [6.07, 6.45) is 3.42. The first kappa shape index (κ1) is 19.5. The SMILES string of the molecule is N=C1C=CNC=C(C=O)/C1=C/NCc1cnc(OCC(F)(F)F)c(Cl)c1. The van der Waals surface area contributed by atoms with Gasteiger partial charge in [-0.15, -0.1) is 0 Å². The van der Waals surface area contributed by atoms with Crippen molar-refractivity contribution < 1.29 is 22.7 Å². The summed E-state index contributed by atoms with van der Waals surface area (Å²) in [5, 5.41) is 13.5. The highest BCUT2D eigenvalue weighted by Crippen LogP contribution is 2.25. The van der Waals surface area contributed by atoms with Gasteiger partial charge in [0, 0.05) is 42.5 Å². The van der Waals surface area contributed by atoms with Gasteiger partial charge in [-0.05, 0) is 17.7 Å². The van der Waals surface area contributed by atoms with Crippen LogP contribution in [0, 0.1) is 5.41 Å². The minimum atomic E-state index is -4.48. The van der Waals surface area contributed by atoms with Crippen LogP contribution in [0.4, 0.5) is 13.2 Å². The number of carbonyl (C=O) groups excluding carboxylic acids is 1. The van der Waals surface area contributed by atoms with Crippen LogP contribution in [-0.4, -0.2) is 29.8 Å². The Balaban J connectivity index is 2.03. The molecule has 2 heterocycles. The Morgan fingerprint density at radius 1 is 1.42 bits per heavy atom. The normalized spacial score (nSPS) is 15.9. The fourth-order valence-electron chi connectivity index (χ4n) is 1.94. The molecule has 1 aliphatic rings. The van der Waals surface area contributed by atoms with Gasteiger partial charge in [0.1, 0.15) is 5.02 Å². The van der Waals surface area contributed by atoms with Crippen LogP contribution in [-0.2, 0) is 11.3 Å². The number of ether oxygens (including phenoxy) is 1. The molecule has 0 amide bonds. The Kier molecular flexibility index (Phi) is 6.40. The number of pyridine rings is 1. The molecule has 0 aliphatic carbocycles. The Labute approximate surface area is 151 Å². The number of halogens is 4. The summed E-state index contributed by atoms with van der Waals surface area (Å²) in [4.78, 5) is 14.9. The lowest BCUT2D eigenvalue weighted by molar-refractivity contribution is -0.154. The summed E-state index contributed by atoms with van der Waals surface area (Å²) in [6, 6.07) is 1.42. The van der Waals surface area contributed by atoms with Crippen molar-refractivity contribution in [2.24, 2.45) is 0 Å². The molecule has 0 aromatic carbocycles. The van der Waals surface area contributed by atoms with E-state index >= 15 is 0 Å². The number of nitrogens with zero attached hydrogens (tertiary/aromatic N) is 1. The maximum Gasteiger partial charge on any atom is 0.422 e. The number of rotatable bonds is 6. The molecule has 2 rings (SSSR count). The smallest absolute Gasteiger partial charge is 0.422 e. The molecule has 0 saturated carbocycles. The average molecular weight is 387 g/mol. The fraction of sp³-hybridized carbons (Fsp3) is 0.188. The maximum absolute atomic E-state index is 12.1. The van der Waals surface area contributed by atoms with Gasteiger partial charge in [-0.2, -0.15) is 13.2 Å². The molecular weight excluding hydrogens is 373 g/mol. The Morgan fingerprint density at radius 2 is 2.19 bits per heavy atom. The third-order valence-electron chi connectivity index (χ3n) is 3.10. The van der Waals surface area contributed by atoms with Gasteiger partial charge in [-0.3, -0.25) is 4.79 Å². The molecule has 0 unspecified atom stereocenters. The zero-order valence-corrected chi connectivity index (χ0v) is 14.0. The van der Waals surface area contributed by atoms with Crippen molar-refractivity contribution in [3.05, 3.63) is 58.7 Å². The molecule has 0 atom stereocenters. The molecule has 0 spiro atoms. The van der Waals surface area contributed by atoms with E-state index in [1.54, 1.807) is 0 Å². The highest BCUT2D eigenvalue weighted by atomic mass is 35.5. The number of alkyl halides is 3. The zero-order valence-electron chi connectivity index (χ0n) is 13.2. The molecule has 1 aromatic rings.